The Kier molecular flexibility index (Phi) is 5.64. The number of fused-ring (bicyclic) bond motifs is 1. The van der Waals surface area contributed by atoms with Gasteiger partial charge in [0.2, 0.25) is 5.91 Å². The SMILES string of the molecule is CC(=O)NNC(=O)COC(=O)c1cc(Cl)c2c(c1)OCCCO2. The van der Waals surface area contributed by atoms with E-state index in [0.717, 1.165) is 0 Å². The van der Waals surface area contributed by atoms with Crippen molar-refractivity contribution < 1.29 is 28.6 Å². The third kappa shape index (κ3) is 4.75. The molecule has 1 aliphatic rings. The maximum absolute atomic E-state index is 12.0. The van der Waals surface area contributed by atoms with Crippen molar-refractivity contribution in [3.05, 3.63) is 22.7 Å². The molecule has 0 saturated heterocycles. The van der Waals surface area contributed by atoms with E-state index in [1.54, 1.807) is 0 Å². The van der Waals surface area contributed by atoms with Crippen LogP contribution >= 0.6 is 11.6 Å². The van der Waals surface area contributed by atoms with Crippen LogP contribution in [0, 0.1) is 0 Å². The normalized spacial score (nSPS) is 12.8. The Morgan fingerprint density at radius 3 is 2.70 bits per heavy atom. The highest BCUT2D eigenvalue weighted by Gasteiger charge is 2.19. The highest BCUT2D eigenvalue weighted by Crippen LogP contribution is 2.38. The van der Waals surface area contributed by atoms with Crippen molar-refractivity contribution in [2.75, 3.05) is 19.8 Å². The minimum atomic E-state index is -0.750. The first kappa shape index (κ1) is 16.9. The molecule has 2 amide bonds. The van der Waals surface area contributed by atoms with Crippen LogP contribution in [0.25, 0.3) is 0 Å². The summed E-state index contributed by atoms with van der Waals surface area (Å²) < 4.78 is 15.8. The molecule has 9 heteroatoms. The number of nitrogens with one attached hydrogen (secondary N) is 2. The van der Waals surface area contributed by atoms with Crippen LogP contribution in [-0.2, 0) is 14.3 Å². The number of esters is 1. The fraction of sp³-hybridized carbons (Fsp3) is 0.357. The predicted octanol–water partition coefficient (Wildman–Crippen LogP) is 0.825. The highest BCUT2D eigenvalue weighted by molar-refractivity contribution is 6.32. The summed E-state index contributed by atoms with van der Waals surface area (Å²) >= 11 is 6.07. The van der Waals surface area contributed by atoms with E-state index in [1.165, 1.54) is 19.1 Å². The molecule has 0 saturated carbocycles. The van der Waals surface area contributed by atoms with Crippen molar-refractivity contribution in [3.63, 3.8) is 0 Å². The Balaban J connectivity index is 2.00. The summed E-state index contributed by atoms with van der Waals surface area (Å²) in [5.41, 5.74) is 4.28. The van der Waals surface area contributed by atoms with Crippen LogP contribution < -0.4 is 20.3 Å². The second-order valence-corrected chi connectivity index (χ2v) is 5.05. The Bertz CT molecular complexity index is 634. The second-order valence-electron chi connectivity index (χ2n) is 4.64. The molecular weight excluding hydrogens is 328 g/mol. The number of carbonyl (C=O) groups excluding carboxylic acids is 3. The lowest BCUT2D eigenvalue weighted by Crippen LogP contribution is -2.42. The molecule has 0 bridgehead atoms. The molecule has 0 unspecified atom stereocenters. The van der Waals surface area contributed by atoms with E-state index in [-0.39, 0.29) is 10.6 Å². The van der Waals surface area contributed by atoms with Gasteiger partial charge in [-0.15, -0.1) is 0 Å². The molecule has 0 radical (unpaired) electrons. The van der Waals surface area contributed by atoms with Gasteiger partial charge in [-0.25, -0.2) is 4.79 Å². The molecule has 2 N–H and O–H groups in total. The highest BCUT2D eigenvalue weighted by atomic mass is 35.5. The van der Waals surface area contributed by atoms with E-state index in [2.05, 4.69) is 10.9 Å². The van der Waals surface area contributed by atoms with E-state index >= 15 is 0 Å². The number of amides is 2. The minimum absolute atomic E-state index is 0.131. The summed E-state index contributed by atoms with van der Waals surface area (Å²) in [7, 11) is 0. The summed E-state index contributed by atoms with van der Waals surface area (Å²) in [4.78, 5) is 34.0. The first-order valence-corrected chi connectivity index (χ1v) is 7.17. The average Bonchev–Trinajstić information content (AvgIpc) is 2.76. The molecule has 124 valence electrons. The third-order valence-electron chi connectivity index (χ3n) is 2.75. The Morgan fingerprint density at radius 1 is 1.22 bits per heavy atom. The average molecular weight is 343 g/mol. The Hall–Kier alpha value is -2.48. The van der Waals surface area contributed by atoms with Gasteiger partial charge in [0, 0.05) is 13.3 Å². The monoisotopic (exact) mass is 342 g/mol. The molecule has 0 spiro atoms. The topological polar surface area (TPSA) is 103 Å². The first-order valence-electron chi connectivity index (χ1n) is 6.79. The molecule has 8 nitrogen and oxygen atoms in total. The summed E-state index contributed by atoms with van der Waals surface area (Å²) in [6.07, 6.45) is 0.702. The van der Waals surface area contributed by atoms with Gasteiger partial charge in [-0.1, -0.05) is 11.6 Å². The van der Waals surface area contributed by atoms with E-state index in [1.807, 2.05) is 0 Å². The molecule has 1 aliphatic heterocycles. The van der Waals surface area contributed by atoms with Gasteiger partial charge in [0.15, 0.2) is 18.1 Å². The maximum Gasteiger partial charge on any atom is 0.338 e. The summed E-state index contributed by atoms with van der Waals surface area (Å²) in [6, 6.07) is 2.82. The molecule has 1 aromatic rings. The van der Waals surface area contributed by atoms with E-state index < -0.39 is 24.4 Å². The van der Waals surface area contributed by atoms with Crippen molar-refractivity contribution in [1.29, 1.82) is 0 Å². The van der Waals surface area contributed by atoms with Gasteiger partial charge in [-0.2, -0.15) is 0 Å². The van der Waals surface area contributed by atoms with Crippen molar-refractivity contribution in [3.8, 4) is 11.5 Å². The molecule has 1 aromatic carbocycles. The van der Waals surface area contributed by atoms with Crippen LogP contribution in [0.15, 0.2) is 12.1 Å². The van der Waals surface area contributed by atoms with Crippen LogP contribution in [0.1, 0.15) is 23.7 Å². The summed E-state index contributed by atoms with van der Waals surface area (Å²) in [6.45, 7) is 1.60. The largest absolute Gasteiger partial charge is 0.489 e. The number of benzene rings is 1. The Labute approximate surface area is 137 Å². The molecule has 1 heterocycles. The van der Waals surface area contributed by atoms with Crippen molar-refractivity contribution >= 4 is 29.4 Å². The number of halogens is 1. The zero-order valence-corrected chi connectivity index (χ0v) is 13.1. The van der Waals surface area contributed by atoms with Gasteiger partial charge < -0.3 is 14.2 Å². The third-order valence-corrected chi connectivity index (χ3v) is 3.03. The Morgan fingerprint density at radius 2 is 1.96 bits per heavy atom. The van der Waals surface area contributed by atoms with Crippen LogP contribution in [0.3, 0.4) is 0 Å². The molecule has 0 atom stereocenters. The molecule has 0 aromatic heterocycles. The molecule has 0 fully saturated rings. The van der Waals surface area contributed by atoms with Gasteiger partial charge in [0.05, 0.1) is 23.8 Å². The number of ether oxygens (including phenoxy) is 3. The van der Waals surface area contributed by atoms with Crippen molar-refractivity contribution in [1.82, 2.24) is 10.9 Å². The second kappa shape index (κ2) is 7.68. The van der Waals surface area contributed by atoms with Crippen molar-refractivity contribution in [2.45, 2.75) is 13.3 Å². The fourth-order valence-electron chi connectivity index (χ4n) is 1.76. The number of hydrazine groups is 1. The van der Waals surface area contributed by atoms with Gasteiger partial charge in [-0.05, 0) is 12.1 Å². The number of carbonyl (C=O) groups is 3. The predicted molar refractivity (Wildman–Crippen MR) is 79.3 cm³/mol. The molecular formula is C14H15ClN2O6. The van der Waals surface area contributed by atoms with Gasteiger partial charge >= 0.3 is 5.97 Å². The van der Waals surface area contributed by atoms with Crippen LogP contribution in [-0.4, -0.2) is 37.6 Å². The molecule has 2 rings (SSSR count). The van der Waals surface area contributed by atoms with E-state index in [0.29, 0.717) is 31.1 Å². The zero-order valence-electron chi connectivity index (χ0n) is 12.3. The first-order chi connectivity index (χ1) is 11.0. The van der Waals surface area contributed by atoms with Crippen molar-refractivity contribution in [2.24, 2.45) is 0 Å². The van der Waals surface area contributed by atoms with E-state index in [9.17, 15) is 14.4 Å². The van der Waals surface area contributed by atoms with E-state index in [4.69, 9.17) is 25.8 Å². The number of rotatable bonds is 3. The summed E-state index contributed by atoms with van der Waals surface area (Å²) in [5, 5.41) is 0.221. The maximum atomic E-state index is 12.0. The number of hydrogen-bond acceptors (Lipinski definition) is 6. The lowest BCUT2D eigenvalue weighted by atomic mass is 10.2. The fourth-order valence-corrected chi connectivity index (χ4v) is 2.02. The lowest BCUT2D eigenvalue weighted by molar-refractivity contribution is -0.129. The quantitative estimate of drug-likeness (QED) is 0.623. The van der Waals surface area contributed by atoms with Gasteiger partial charge in [0.1, 0.15) is 0 Å². The standard InChI is InChI=1S/C14H15ClN2O6/c1-8(18)16-17-12(19)7-23-14(20)9-5-10(15)13-11(6-9)21-3-2-4-22-13/h5-6H,2-4,7H2,1H3,(H,16,18)(H,17,19). The van der Waals surface area contributed by atoms with Crippen LogP contribution in [0.2, 0.25) is 5.02 Å². The van der Waals surface area contributed by atoms with Crippen LogP contribution in [0.5, 0.6) is 11.5 Å². The lowest BCUT2D eigenvalue weighted by Gasteiger charge is -2.11. The van der Waals surface area contributed by atoms with Gasteiger partial charge in [-0.3, -0.25) is 20.4 Å². The smallest absolute Gasteiger partial charge is 0.338 e. The summed E-state index contributed by atoms with van der Waals surface area (Å²) in [5.74, 6) is -1.14. The molecule has 0 aliphatic carbocycles. The number of hydrogen-bond donors (Lipinski definition) is 2. The zero-order chi connectivity index (χ0) is 16.8. The van der Waals surface area contributed by atoms with Gasteiger partial charge in [0.25, 0.3) is 5.91 Å². The minimum Gasteiger partial charge on any atom is -0.489 e. The van der Waals surface area contributed by atoms with Crippen LogP contribution in [0.4, 0.5) is 0 Å². The molecule has 23 heavy (non-hydrogen) atoms.